The van der Waals surface area contributed by atoms with Crippen LogP contribution in [-0.4, -0.2) is 42.6 Å². The van der Waals surface area contributed by atoms with Crippen molar-refractivity contribution in [2.45, 2.75) is 39.2 Å². The van der Waals surface area contributed by atoms with Gasteiger partial charge in [0.15, 0.2) is 0 Å². The highest BCUT2D eigenvalue weighted by Gasteiger charge is 2.31. The summed E-state index contributed by atoms with van der Waals surface area (Å²) < 4.78 is 6.33. The van der Waals surface area contributed by atoms with Gasteiger partial charge in [-0.2, -0.15) is 0 Å². The van der Waals surface area contributed by atoms with Crippen molar-refractivity contribution in [3.05, 3.63) is 28.7 Å². The van der Waals surface area contributed by atoms with Crippen LogP contribution in [0.5, 0.6) is 0 Å². The van der Waals surface area contributed by atoms with Gasteiger partial charge < -0.3 is 14.5 Å². The quantitative estimate of drug-likeness (QED) is 0.756. The number of nitrogens with zero attached hydrogens (tertiary/aromatic N) is 2. The maximum atomic E-state index is 12.7. The Morgan fingerprint density at radius 2 is 1.88 bits per heavy atom. The van der Waals surface area contributed by atoms with E-state index in [2.05, 4.69) is 15.9 Å². The molecule has 0 aliphatic carbocycles. The molecule has 0 bridgehead atoms. The molecule has 0 saturated carbocycles. The number of ether oxygens (including phenoxy) is 1. The second-order valence-corrected chi connectivity index (χ2v) is 8.03. The standard InChI is InChI=1S/C18H25BrN2O3/c1-18(2,3)24-17(23)21-10-8-13(9-11-21)16(22)20(4)15-7-5-6-14(19)12-15/h5-7,12-13H,8-11H2,1-4H3. The summed E-state index contributed by atoms with van der Waals surface area (Å²) in [4.78, 5) is 28.2. The lowest BCUT2D eigenvalue weighted by atomic mass is 9.95. The third kappa shape index (κ3) is 4.97. The van der Waals surface area contributed by atoms with Gasteiger partial charge in [0.2, 0.25) is 5.91 Å². The van der Waals surface area contributed by atoms with Gasteiger partial charge in [-0.1, -0.05) is 22.0 Å². The number of benzene rings is 1. The van der Waals surface area contributed by atoms with Gasteiger partial charge in [-0.15, -0.1) is 0 Å². The van der Waals surface area contributed by atoms with Crippen LogP contribution in [0.15, 0.2) is 28.7 Å². The Balaban J connectivity index is 1.92. The van der Waals surface area contributed by atoms with Crippen molar-refractivity contribution >= 4 is 33.6 Å². The molecule has 24 heavy (non-hydrogen) atoms. The summed E-state index contributed by atoms with van der Waals surface area (Å²) in [6.07, 6.45) is 1.03. The van der Waals surface area contributed by atoms with Gasteiger partial charge in [0.25, 0.3) is 0 Å². The molecule has 0 atom stereocenters. The average molecular weight is 397 g/mol. The van der Waals surface area contributed by atoms with Crippen LogP contribution in [0.2, 0.25) is 0 Å². The van der Waals surface area contributed by atoms with Crippen molar-refractivity contribution in [2.75, 3.05) is 25.0 Å². The topological polar surface area (TPSA) is 49.9 Å². The third-order valence-corrected chi connectivity index (χ3v) is 4.52. The molecule has 2 amide bonds. The lowest BCUT2D eigenvalue weighted by Gasteiger charge is -2.34. The molecule has 2 rings (SSSR count). The maximum Gasteiger partial charge on any atom is 0.410 e. The summed E-state index contributed by atoms with van der Waals surface area (Å²) in [5, 5.41) is 0. The number of rotatable bonds is 2. The first-order valence-electron chi connectivity index (χ1n) is 8.18. The van der Waals surface area contributed by atoms with Gasteiger partial charge in [0, 0.05) is 36.2 Å². The highest BCUT2D eigenvalue weighted by atomic mass is 79.9. The van der Waals surface area contributed by atoms with E-state index in [4.69, 9.17) is 4.74 Å². The minimum Gasteiger partial charge on any atom is -0.444 e. The zero-order chi connectivity index (χ0) is 17.9. The lowest BCUT2D eigenvalue weighted by Crippen LogP contribution is -2.45. The van der Waals surface area contributed by atoms with Gasteiger partial charge in [-0.05, 0) is 51.8 Å². The van der Waals surface area contributed by atoms with E-state index in [-0.39, 0.29) is 17.9 Å². The minimum atomic E-state index is -0.495. The zero-order valence-corrected chi connectivity index (χ0v) is 16.3. The van der Waals surface area contributed by atoms with E-state index < -0.39 is 5.60 Å². The molecule has 132 valence electrons. The summed E-state index contributed by atoms with van der Waals surface area (Å²) in [6.45, 7) is 6.67. The first kappa shape index (κ1) is 18.8. The fraction of sp³-hybridized carbons (Fsp3) is 0.556. The van der Waals surface area contributed by atoms with Gasteiger partial charge in [-0.25, -0.2) is 4.79 Å². The normalized spacial score (nSPS) is 16.0. The largest absolute Gasteiger partial charge is 0.444 e. The van der Waals surface area contributed by atoms with E-state index in [0.717, 1.165) is 10.2 Å². The zero-order valence-electron chi connectivity index (χ0n) is 14.7. The number of likely N-dealkylation sites (tertiary alicyclic amines) is 1. The number of carbonyl (C=O) groups is 2. The van der Waals surface area contributed by atoms with Crippen LogP contribution in [0.4, 0.5) is 10.5 Å². The molecule has 6 heteroatoms. The number of halogens is 1. The van der Waals surface area contributed by atoms with E-state index in [1.54, 1.807) is 16.8 Å². The van der Waals surface area contributed by atoms with Crippen molar-refractivity contribution < 1.29 is 14.3 Å². The first-order chi connectivity index (χ1) is 11.2. The fourth-order valence-corrected chi connectivity index (χ4v) is 3.11. The third-order valence-electron chi connectivity index (χ3n) is 4.02. The van der Waals surface area contributed by atoms with E-state index >= 15 is 0 Å². The molecule has 1 aromatic rings. The molecule has 0 N–H and O–H groups in total. The predicted molar refractivity (Wildman–Crippen MR) is 98.1 cm³/mol. The molecule has 1 aromatic carbocycles. The van der Waals surface area contributed by atoms with Crippen molar-refractivity contribution in [2.24, 2.45) is 5.92 Å². The Labute approximate surface area is 152 Å². The highest BCUT2D eigenvalue weighted by molar-refractivity contribution is 9.10. The fourth-order valence-electron chi connectivity index (χ4n) is 2.72. The van der Waals surface area contributed by atoms with Crippen LogP contribution < -0.4 is 4.90 Å². The lowest BCUT2D eigenvalue weighted by molar-refractivity contribution is -0.123. The van der Waals surface area contributed by atoms with Crippen molar-refractivity contribution in [3.8, 4) is 0 Å². The van der Waals surface area contributed by atoms with Crippen LogP contribution in [-0.2, 0) is 9.53 Å². The highest BCUT2D eigenvalue weighted by Crippen LogP contribution is 2.25. The molecular formula is C18H25BrN2O3. The second kappa shape index (κ2) is 7.55. The Kier molecular flexibility index (Phi) is 5.91. The van der Waals surface area contributed by atoms with Crippen molar-refractivity contribution in [3.63, 3.8) is 0 Å². The summed E-state index contributed by atoms with van der Waals surface area (Å²) in [5.74, 6) is 0.0320. The smallest absolute Gasteiger partial charge is 0.410 e. The second-order valence-electron chi connectivity index (χ2n) is 7.12. The Morgan fingerprint density at radius 1 is 1.25 bits per heavy atom. The molecule has 0 radical (unpaired) electrons. The molecule has 1 aliphatic rings. The summed E-state index contributed by atoms with van der Waals surface area (Å²) in [5.41, 5.74) is 0.369. The number of hydrogen-bond acceptors (Lipinski definition) is 3. The van der Waals surface area contributed by atoms with Gasteiger partial charge >= 0.3 is 6.09 Å². The van der Waals surface area contributed by atoms with E-state index in [1.807, 2.05) is 45.0 Å². The van der Waals surface area contributed by atoms with Gasteiger partial charge in [-0.3, -0.25) is 4.79 Å². The molecule has 1 saturated heterocycles. The van der Waals surface area contributed by atoms with Crippen LogP contribution in [0, 0.1) is 5.92 Å². The Bertz CT molecular complexity index is 605. The van der Waals surface area contributed by atoms with E-state index in [0.29, 0.717) is 25.9 Å². The number of hydrogen-bond donors (Lipinski definition) is 0. The summed E-state index contributed by atoms with van der Waals surface area (Å²) in [7, 11) is 1.80. The van der Waals surface area contributed by atoms with Gasteiger partial charge in [0.05, 0.1) is 0 Å². The first-order valence-corrected chi connectivity index (χ1v) is 8.98. The Morgan fingerprint density at radius 3 is 2.42 bits per heavy atom. The molecule has 5 nitrogen and oxygen atoms in total. The summed E-state index contributed by atoms with van der Waals surface area (Å²) in [6, 6.07) is 7.68. The molecule has 0 spiro atoms. The molecule has 1 fully saturated rings. The summed E-state index contributed by atoms with van der Waals surface area (Å²) >= 11 is 3.43. The monoisotopic (exact) mass is 396 g/mol. The minimum absolute atomic E-state index is 0.0623. The van der Waals surface area contributed by atoms with Crippen LogP contribution in [0.1, 0.15) is 33.6 Å². The number of carbonyl (C=O) groups excluding carboxylic acids is 2. The molecule has 0 aromatic heterocycles. The SMILES string of the molecule is CN(C(=O)C1CCN(C(=O)OC(C)(C)C)CC1)c1cccc(Br)c1. The number of piperidine rings is 1. The van der Waals surface area contributed by atoms with Gasteiger partial charge in [0.1, 0.15) is 5.60 Å². The van der Waals surface area contributed by atoms with E-state index in [9.17, 15) is 9.59 Å². The van der Waals surface area contributed by atoms with Crippen LogP contribution in [0.3, 0.4) is 0 Å². The maximum absolute atomic E-state index is 12.7. The molecular weight excluding hydrogens is 372 g/mol. The van der Waals surface area contributed by atoms with E-state index in [1.165, 1.54) is 0 Å². The van der Waals surface area contributed by atoms with Crippen LogP contribution >= 0.6 is 15.9 Å². The molecule has 1 aliphatic heterocycles. The average Bonchev–Trinajstić information content (AvgIpc) is 2.52. The van der Waals surface area contributed by atoms with Crippen molar-refractivity contribution in [1.82, 2.24) is 4.90 Å². The van der Waals surface area contributed by atoms with Crippen LogP contribution in [0.25, 0.3) is 0 Å². The predicted octanol–water partition coefficient (Wildman–Crippen LogP) is 4.06. The number of anilines is 1. The van der Waals surface area contributed by atoms with Crippen molar-refractivity contribution in [1.29, 1.82) is 0 Å². The molecule has 1 heterocycles. The molecule has 0 unspecified atom stereocenters. The number of amides is 2. The Hall–Kier alpha value is -1.56.